The Bertz CT molecular complexity index is 633. The van der Waals surface area contributed by atoms with E-state index in [-0.39, 0.29) is 5.91 Å². The van der Waals surface area contributed by atoms with E-state index in [9.17, 15) is 4.79 Å². The molecule has 0 unspecified atom stereocenters. The van der Waals surface area contributed by atoms with Crippen molar-refractivity contribution in [3.8, 4) is 0 Å². The smallest absolute Gasteiger partial charge is 0.240 e. The molecule has 3 nitrogen and oxygen atoms in total. The molecule has 0 N–H and O–H groups in total. The van der Waals surface area contributed by atoms with Gasteiger partial charge in [0.2, 0.25) is 5.91 Å². The summed E-state index contributed by atoms with van der Waals surface area (Å²) in [6.07, 6.45) is 2.06. The molecule has 110 valence electrons. The molecule has 1 amide bonds. The molecule has 3 rings (SSSR count). The molecule has 1 aromatic carbocycles. The molecule has 0 aliphatic carbocycles. The first-order valence-corrected chi connectivity index (χ1v) is 7.74. The lowest BCUT2D eigenvalue weighted by atomic mass is 9.78. The number of rotatable bonds is 1. The van der Waals surface area contributed by atoms with Gasteiger partial charge in [-0.05, 0) is 50.0 Å². The van der Waals surface area contributed by atoms with Crippen molar-refractivity contribution in [1.82, 2.24) is 9.80 Å². The van der Waals surface area contributed by atoms with Crippen LogP contribution in [0, 0.1) is 5.41 Å². The Morgan fingerprint density at radius 3 is 2.52 bits per heavy atom. The van der Waals surface area contributed by atoms with Gasteiger partial charge >= 0.3 is 0 Å². The van der Waals surface area contributed by atoms with Gasteiger partial charge in [0, 0.05) is 19.3 Å². The first-order chi connectivity index (χ1) is 9.94. The second kappa shape index (κ2) is 4.95. The Balaban J connectivity index is 2.22. The fourth-order valence-corrected chi connectivity index (χ4v) is 3.69. The number of thiocarbonyl (C=S) groups is 1. The van der Waals surface area contributed by atoms with Crippen LogP contribution in [0.15, 0.2) is 36.0 Å². The fourth-order valence-electron chi connectivity index (χ4n) is 3.42. The summed E-state index contributed by atoms with van der Waals surface area (Å²) < 4.78 is 0. The lowest BCUT2D eigenvalue weighted by Gasteiger charge is -2.48. The minimum atomic E-state index is -0.539. The van der Waals surface area contributed by atoms with E-state index in [2.05, 4.69) is 17.0 Å². The first-order valence-electron chi connectivity index (χ1n) is 7.33. The van der Waals surface area contributed by atoms with Crippen LogP contribution in [0.3, 0.4) is 0 Å². The lowest BCUT2D eigenvalue weighted by molar-refractivity contribution is -0.136. The van der Waals surface area contributed by atoms with Gasteiger partial charge in [0.1, 0.15) is 0 Å². The zero-order chi connectivity index (χ0) is 15.2. The van der Waals surface area contributed by atoms with Crippen molar-refractivity contribution in [2.75, 3.05) is 13.6 Å². The van der Waals surface area contributed by atoms with Crippen molar-refractivity contribution in [3.05, 3.63) is 41.6 Å². The topological polar surface area (TPSA) is 23.6 Å². The second-order valence-electron chi connectivity index (χ2n) is 6.22. The summed E-state index contributed by atoms with van der Waals surface area (Å²) in [6.45, 7) is 4.90. The normalized spacial score (nSPS) is 21.7. The Hall–Kier alpha value is -1.68. The van der Waals surface area contributed by atoms with Gasteiger partial charge in [0.15, 0.2) is 5.11 Å². The van der Waals surface area contributed by atoms with Crippen LogP contribution >= 0.6 is 12.2 Å². The monoisotopic (exact) mass is 300 g/mol. The third-order valence-electron chi connectivity index (χ3n) is 4.44. The largest absolute Gasteiger partial charge is 0.321 e. The zero-order valence-electron chi connectivity index (χ0n) is 12.7. The molecule has 1 saturated heterocycles. The number of allylic oxidation sites excluding steroid dienone is 1. The predicted molar refractivity (Wildman–Crippen MR) is 88.5 cm³/mol. The maximum absolute atomic E-state index is 12.7. The standard InChI is InChI=1S/C17H20N2OS/c1-17(2)14-13(12-8-5-4-6-9-12)10-7-11-19(14)16(21)18(3)15(17)20/h4-6,8-9H,7,10-11H2,1-3H3. The van der Waals surface area contributed by atoms with Gasteiger partial charge < -0.3 is 4.90 Å². The van der Waals surface area contributed by atoms with Crippen molar-refractivity contribution >= 4 is 28.8 Å². The fraction of sp³-hybridized carbons (Fsp3) is 0.412. The Morgan fingerprint density at radius 2 is 1.86 bits per heavy atom. The molecule has 0 bridgehead atoms. The van der Waals surface area contributed by atoms with Gasteiger partial charge in [-0.25, -0.2) is 0 Å². The van der Waals surface area contributed by atoms with E-state index in [1.165, 1.54) is 11.1 Å². The number of hydrogen-bond acceptors (Lipinski definition) is 2. The maximum Gasteiger partial charge on any atom is 0.240 e. The summed E-state index contributed by atoms with van der Waals surface area (Å²) in [6, 6.07) is 10.3. The Kier molecular flexibility index (Phi) is 3.36. The van der Waals surface area contributed by atoms with Gasteiger partial charge in [-0.1, -0.05) is 30.3 Å². The molecule has 4 heteroatoms. The number of hydrogen-bond donors (Lipinski definition) is 0. The molecule has 0 atom stereocenters. The molecule has 0 spiro atoms. The summed E-state index contributed by atoms with van der Waals surface area (Å²) in [5.41, 5.74) is 3.01. The number of amides is 1. The zero-order valence-corrected chi connectivity index (χ0v) is 13.5. The third-order valence-corrected chi connectivity index (χ3v) is 4.93. The lowest BCUT2D eigenvalue weighted by Crippen LogP contribution is -2.58. The molecule has 1 aromatic rings. The average Bonchev–Trinajstić information content (AvgIpc) is 2.51. The van der Waals surface area contributed by atoms with E-state index in [4.69, 9.17) is 12.2 Å². The van der Waals surface area contributed by atoms with Gasteiger partial charge in [0.05, 0.1) is 5.41 Å². The average molecular weight is 300 g/mol. The molecule has 21 heavy (non-hydrogen) atoms. The van der Waals surface area contributed by atoms with Crippen molar-refractivity contribution in [1.29, 1.82) is 0 Å². The molecular weight excluding hydrogens is 280 g/mol. The van der Waals surface area contributed by atoms with Crippen LogP contribution in [0.5, 0.6) is 0 Å². The first kappa shape index (κ1) is 14.3. The van der Waals surface area contributed by atoms with E-state index in [1.807, 2.05) is 32.0 Å². The summed E-state index contributed by atoms with van der Waals surface area (Å²) in [7, 11) is 1.78. The third kappa shape index (κ3) is 2.09. The van der Waals surface area contributed by atoms with Crippen molar-refractivity contribution < 1.29 is 4.79 Å². The summed E-state index contributed by atoms with van der Waals surface area (Å²) in [5, 5.41) is 0.627. The quantitative estimate of drug-likeness (QED) is 0.744. The van der Waals surface area contributed by atoms with Crippen LogP contribution in [0.1, 0.15) is 32.3 Å². The van der Waals surface area contributed by atoms with Crippen LogP contribution in [0.4, 0.5) is 0 Å². The predicted octanol–water partition coefficient (Wildman–Crippen LogP) is 3.28. The van der Waals surface area contributed by atoms with Crippen LogP contribution in [-0.4, -0.2) is 34.4 Å². The molecular formula is C17H20N2OS. The summed E-state index contributed by atoms with van der Waals surface area (Å²) in [4.78, 5) is 16.4. The van der Waals surface area contributed by atoms with E-state index >= 15 is 0 Å². The molecule has 2 aliphatic heterocycles. The van der Waals surface area contributed by atoms with Crippen molar-refractivity contribution in [2.24, 2.45) is 5.41 Å². The van der Waals surface area contributed by atoms with Crippen LogP contribution in [0.2, 0.25) is 0 Å². The van der Waals surface area contributed by atoms with Crippen molar-refractivity contribution in [2.45, 2.75) is 26.7 Å². The summed E-state index contributed by atoms with van der Waals surface area (Å²) >= 11 is 5.51. The van der Waals surface area contributed by atoms with Gasteiger partial charge in [-0.2, -0.15) is 0 Å². The molecule has 0 aromatic heterocycles. The minimum absolute atomic E-state index is 0.0779. The van der Waals surface area contributed by atoms with Gasteiger partial charge in [0.25, 0.3) is 0 Å². The molecule has 2 aliphatic rings. The highest BCUT2D eigenvalue weighted by Gasteiger charge is 2.47. The van der Waals surface area contributed by atoms with E-state index in [0.29, 0.717) is 5.11 Å². The highest BCUT2D eigenvalue weighted by molar-refractivity contribution is 7.80. The number of carbonyl (C=O) groups is 1. The van der Waals surface area contributed by atoms with Gasteiger partial charge in [-0.15, -0.1) is 0 Å². The SMILES string of the molecule is CN1C(=O)C(C)(C)C2=C(c3ccccc3)CCCN2C1=S. The summed E-state index contributed by atoms with van der Waals surface area (Å²) in [5.74, 6) is 0.0779. The molecule has 1 fully saturated rings. The number of nitrogens with zero attached hydrogens (tertiary/aromatic N) is 2. The van der Waals surface area contributed by atoms with Crippen molar-refractivity contribution in [3.63, 3.8) is 0 Å². The van der Waals surface area contributed by atoms with Crippen LogP contribution in [0.25, 0.3) is 5.57 Å². The number of carbonyl (C=O) groups excluding carboxylic acids is 1. The molecule has 2 heterocycles. The van der Waals surface area contributed by atoms with Crippen LogP contribution < -0.4 is 0 Å². The Morgan fingerprint density at radius 1 is 1.19 bits per heavy atom. The number of benzene rings is 1. The highest BCUT2D eigenvalue weighted by Crippen LogP contribution is 2.44. The molecule has 0 saturated carbocycles. The Labute approximate surface area is 131 Å². The van der Waals surface area contributed by atoms with E-state index < -0.39 is 5.41 Å². The van der Waals surface area contributed by atoms with E-state index in [1.54, 1.807) is 11.9 Å². The number of fused-ring (bicyclic) bond motifs is 1. The minimum Gasteiger partial charge on any atom is -0.321 e. The van der Waals surface area contributed by atoms with E-state index in [0.717, 1.165) is 25.1 Å². The second-order valence-corrected chi connectivity index (χ2v) is 6.59. The van der Waals surface area contributed by atoms with Gasteiger partial charge in [-0.3, -0.25) is 9.69 Å². The molecule has 0 radical (unpaired) electrons. The maximum atomic E-state index is 12.7. The highest BCUT2D eigenvalue weighted by atomic mass is 32.1. The van der Waals surface area contributed by atoms with Crippen LogP contribution in [-0.2, 0) is 4.79 Å².